The van der Waals surface area contributed by atoms with E-state index in [2.05, 4.69) is 149 Å². The number of thiol groups is 1. The molecule has 2 N–H and O–H groups in total. The molecule has 13 heteroatoms. The lowest BCUT2D eigenvalue weighted by atomic mass is 9.80. The Morgan fingerprint density at radius 1 is 0.927 bits per heavy atom. The van der Waals surface area contributed by atoms with Crippen LogP contribution in [0.3, 0.4) is 0 Å². The number of pyridine rings is 1. The highest BCUT2D eigenvalue weighted by atomic mass is 32.1. The molecular formula is C69H103N11S2. The predicted octanol–water partition coefficient (Wildman–Crippen LogP) is 13.8. The molecule has 1 aromatic carbocycles. The van der Waals surface area contributed by atoms with Crippen LogP contribution in [0.15, 0.2) is 72.8 Å². The van der Waals surface area contributed by atoms with Gasteiger partial charge in [-0.25, -0.2) is 10.4 Å². The van der Waals surface area contributed by atoms with Crippen molar-refractivity contribution in [3.63, 3.8) is 0 Å². The summed E-state index contributed by atoms with van der Waals surface area (Å²) in [7, 11) is 0. The molecule has 0 amide bonds. The number of hydrogen-bond acceptors (Lipinski definition) is 12. The molecule has 6 aliphatic rings. The lowest BCUT2D eigenvalue weighted by Crippen LogP contribution is -2.51. The number of terminal acetylenes is 1. The minimum Gasteiger partial charge on any atom is -0.379 e. The van der Waals surface area contributed by atoms with Crippen LogP contribution in [0, 0.1) is 35.5 Å². The second kappa shape index (κ2) is 26.0. The molecule has 3 aliphatic heterocycles. The van der Waals surface area contributed by atoms with Gasteiger partial charge in [-0.1, -0.05) is 66.3 Å². The van der Waals surface area contributed by atoms with Crippen molar-refractivity contribution < 1.29 is 0 Å². The molecule has 6 fully saturated rings. The minimum atomic E-state index is -0.282. The van der Waals surface area contributed by atoms with Gasteiger partial charge in [0.25, 0.3) is 0 Å². The lowest BCUT2D eigenvalue weighted by molar-refractivity contribution is 0.107. The van der Waals surface area contributed by atoms with Crippen molar-refractivity contribution in [3.05, 3.63) is 89.1 Å². The van der Waals surface area contributed by atoms with Gasteiger partial charge in [-0.05, 0) is 165 Å². The van der Waals surface area contributed by atoms with Crippen LogP contribution in [-0.2, 0) is 19.4 Å². The topological polar surface area (TPSA) is 74.2 Å². The van der Waals surface area contributed by atoms with Gasteiger partial charge in [0.1, 0.15) is 0 Å². The van der Waals surface area contributed by atoms with Crippen LogP contribution in [-0.4, -0.2) is 134 Å². The third-order valence-corrected chi connectivity index (χ3v) is 20.8. The zero-order valence-electron chi connectivity index (χ0n) is 52.0. The number of rotatable bonds is 27. The van der Waals surface area contributed by atoms with Crippen molar-refractivity contribution >= 4 is 40.6 Å². The molecule has 446 valence electrons. The van der Waals surface area contributed by atoms with E-state index in [-0.39, 0.29) is 28.3 Å². The van der Waals surface area contributed by atoms with Crippen molar-refractivity contribution in [2.24, 2.45) is 23.2 Å². The van der Waals surface area contributed by atoms with Gasteiger partial charge in [-0.3, -0.25) is 14.8 Å². The van der Waals surface area contributed by atoms with Crippen LogP contribution in [0.2, 0.25) is 0 Å². The third-order valence-electron chi connectivity index (χ3n) is 19.7. The molecule has 0 spiro atoms. The Kier molecular flexibility index (Phi) is 19.3. The third kappa shape index (κ3) is 13.8. The summed E-state index contributed by atoms with van der Waals surface area (Å²) in [5.74, 6) is 6.23. The first-order chi connectivity index (χ1) is 39.4. The first kappa shape index (κ1) is 60.7. The molecule has 4 aromatic rings. The fraction of sp³-hybridized carbons (Fsp3) is 0.652. The predicted molar refractivity (Wildman–Crippen MR) is 350 cm³/mol. The Morgan fingerprint density at radius 2 is 1.68 bits per heavy atom. The van der Waals surface area contributed by atoms with E-state index in [9.17, 15) is 0 Å². The van der Waals surface area contributed by atoms with E-state index in [0.29, 0.717) is 17.9 Å². The molecule has 10 rings (SSSR count). The van der Waals surface area contributed by atoms with Crippen LogP contribution in [0.4, 0.5) is 5.69 Å². The Balaban J connectivity index is 0.925. The van der Waals surface area contributed by atoms with Gasteiger partial charge < -0.3 is 29.6 Å². The summed E-state index contributed by atoms with van der Waals surface area (Å²) in [6.45, 7) is 46.7. The molecule has 3 saturated carbocycles. The SMILES string of the molecule is C#CCCC(C)(C)Cc1c(-c2cc(N3CCN(C4CC4)CC3)cnc2C(C)C)n(CC)c2ccc(-c3csc(CC(NC(=C)C(C4CCCC4)N4CCC(CN(CC)C(=C)N(C(C)C5CC5)C(C)(C)S)C4)C(=C)N4CCCCN4)n3)cc12. The maximum Gasteiger partial charge on any atom is 0.0978 e. The fourth-order valence-corrected chi connectivity index (χ4v) is 16.1. The molecule has 3 saturated heterocycles. The first-order valence-electron chi connectivity index (χ1n) is 32.2. The molecular weight excluding hydrogens is 1050 g/mol. The maximum absolute atomic E-state index is 5.95. The van der Waals surface area contributed by atoms with Crippen molar-refractivity contribution in [3.8, 4) is 34.9 Å². The number of anilines is 1. The molecule has 3 aliphatic carbocycles. The smallest absolute Gasteiger partial charge is 0.0978 e. The number of fused-ring (bicyclic) bond motifs is 1. The van der Waals surface area contributed by atoms with Gasteiger partial charge in [-0.15, -0.1) is 23.7 Å². The lowest BCUT2D eigenvalue weighted by Gasteiger charge is -2.46. The number of piperazine rings is 1. The molecule has 4 atom stereocenters. The molecule has 3 aromatic heterocycles. The average Bonchev–Trinajstić information content (AvgIpc) is 4.14. The number of thiazole rings is 1. The number of aryl methyl sites for hydroxylation is 1. The van der Waals surface area contributed by atoms with Crippen molar-refractivity contribution in [1.82, 2.24) is 49.9 Å². The number of benzene rings is 1. The van der Waals surface area contributed by atoms with E-state index in [0.717, 1.165) is 155 Å². The zero-order chi connectivity index (χ0) is 58.0. The summed E-state index contributed by atoms with van der Waals surface area (Å²) >= 11 is 6.91. The number of hydrazine groups is 1. The Hall–Kier alpha value is -4.45. The minimum absolute atomic E-state index is 0.0174. The summed E-state index contributed by atoms with van der Waals surface area (Å²) in [5, 5.41) is 11.1. The first-order valence-corrected chi connectivity index (χ1v) is 33.6. The second-order valence-electron chi connectivity index (χ2n) is 27.2. The summed E-state index contributed by atoms with van der Waals surface area (Å²) in [6, 6.07) is 11.0. The Bertz CT molecular complexity index is 2890. The largest absolute Gasteiger partial charge is 0.379 e. The van der Waals surface area contributed by atoms with Crippen molar-refractivity contribution in [2.75, 3.05) is 70.3 Å². The quantitative estimate of drug-likeness (QED) is 0.0305. The van der Waals surface area contributed by atoms with E-state index in [4.69, 9.17) is 48.8 Å². The maximum atomic E-state index is 5.95. The van der Waals surface area contributed by atoms with Gasteiger partial charge in [0, 0.05) is 129 Å². The number of nitrogens with zero attached hydrogens (tertiary/aromatic N) is 9. The van der Waals surface area contributed by atoms with E-state index in [1.165, 1.54) is 97.6 Å². The summed E-state index contributed by atoms with van der Waals surface area (Å²) in [5.41, 5.74) is 15.7. The molecule has 0 bridgehead atoms. The fourth-order valence-electron chi connectivity index (χ4n) is 14.9. The zero-order valence-corrected chi connectivity index (χ0v) is 53.8. The summed E-state index contributed by atoms with van der Waals surface area (Å²) < 4.78 is 2.58. The van der Waals surface area contributed by atoms with Crippen LogP contribution < -0.4 is 15.6 Å². The summed E-state index contributed by atoms with van der Waals surface area (Å²) in [4.78, 5) is 23.7. The van der Waals surface area contributed by atoms with Crippen LogP contribution in [0.25, 0.3) is 33.4 Å². The van der Waals surface area contributed by atoms with Crippen LogP contribution >= 0.6 is 24.0 Å². The normalized spacial score (nSPS) is 20.8. The molecule has 0 radical (unpaired) electrons. The highest BCUT2D eigenvalue weighted by Crippen LogP contribution is 2.45. The highest BCUT2D eigenvalue weighted by Gasteiger charge is 2.42. The highest BCUT2D eigenvalue weighted by molar-refractivity contribution is 7.81. The monoisotopic (exact) mass is 1150 g/mol. The number of nitrogens with one attached hydrogen (secondary N) is 2. The van der Waals surface area contributed by atoms with Gasteiger partial charge in [0.15, 0.2) is 0 Å². The van der Waals surface area contributed by atoms with E-state index < -0.39 is 0 Å². The standard InChI is InChI=1S/C69H103N11S2/c1-14-17-31-68(10,11)42-60-58-39-55(26-29-63(58)78(16-3)67(60)59-40-57(43-70-65(59)47(4)5)76-37-35-75(36-38-76)56-27-28-56)62-46-82-64(73-62)41-61(50(8)79-33-21-20-32-71-79)72-48(6)66(54-22-18-19-23-54)77-34-30-52(45-77)44-74(15-2)51(9)80(69(12,13)81)49(7)53-24-25-53/h1,26,29,39-40,43,46-47,49,52-54,56,61,66,71-72,81H,6,8-9,15-25,27-28,30-38,41-42,44-45H2,2-5,7,10-13H3. The van der Waals surface area contributed by atoms with Crippen LogP contribution in [0.1, 0.15) is 168 Å². The number of likely N-dealkylation sites (tertiary alicyclic amines) is 1. The Labute approximate surface area is 505 Å². The molecule has 6 heterocycles. The number of hydrogen-bond donors (Lipinski definition) is 3. The van der Waals surface area contributed by atoms with E-state index in [1.807, 2.05) is 0 Å². The second-order valence-corrected chi connectivity index (χ2v) is 29.3. The van der Waals surface area contributed by atoms with E-state index >= 15 is 0 Å². The van der Waals surface area contributed by atoms with Crippen LogP contribution in [0.5, 0.6) is 0 Å². The van der Waals surface area contributed by atoms with Gasteiger partial charge >= 0.3 is 0 Å². The van der Waals surface area contributed by atoms with Gasteiger partial charge in [0.2, 0.25) is 0 Å². The van der Waals surface area contributed by atoms with Crippen molar-refractivity contribution in [2.45, 2.75) is 200 Å². The van der Waals surface area contributed by atoms with Gasteiger partial charge in [-0.2, -0.15) is 12.6 Å². The molecule has 4 unspecified atom stereocenters. The van der Waals surface area contributed by atoms with Crippen molar-refractivity contribution in [1.29, 1.82) is 0 Å². The van der Waals surface area contributed by atoms with E-state index in [1.54, 1.807) is 11.3 Å². The Morgan fingerprint density at radius 3 is 2.33 bits per heavy atom. The molecule has 82 heavy (non-hydrogen) atoms. The van der Waals surface area contributed by atoms with Gasteiger partial charge in [0.05, 0.1) is 56.7 Å². The summed E-state index contributed by atoms with van der Waals surface area (Å²) in [6.07, 6.45) is 25.4. The average molecular weight is 1150 g/mol. The number of aromatic nitrogens is 3. The molecule has 11 nitrogen and oxygen atoms in total.